The summed E-state index contributed by atoms with van der Waals surface area (Å²) >= 11 is 0. The second-order valence-corrected chi connectivity index (χ2v) is 4.18. The van der Waals surface area contributed by atoms with E-state index in [0.717, 1.165) is 6.07 Å². The minimum absolute atomic E-state index is 0.0498. The van der Waals surface area contributed by atoms with Gasteiger partial charge in [0.1, 0.15) is 6.04 Å². The smallest absolute Gasteiger partial charge is 0.326 e. The van der Waals surface area contributed by atoms with Gasteiger partial charge in [0.05, 0.1) is 10.5 Å². The molecule has 0 bridgehead atoms. The first-order valence-electron chi connectivity index (χ1n) is 5.94. The highest BCUT2D eigenvalue weighted by molar-refractivity contribution is 6.01. The number of amides is 1. The minimum atomic E-state index is -1.16. The molecule has 0 aliphatic heterocycles. The molecule has 0 heterocycles. The number of nitro groups is 1. The molecular weight excluding hydrogens is 266 g/mol. The summed E-state index contributed by atoms with van der Waals surface area (Å²) in [6, 6.07) is 2.39. The molecule has 0 aliphatic carbocycles. The van der Waals surface area contributed by atoms with Crippen LogP contribution in [-0.4, -0.2) is 27.9 Å². The molecule has 1 aromatic carbocycles. The molecule has 1 rings (SSSR count). The molecule has 0 saturated carbocycles. The zero-order valence-corrected chi connectivity index (χ0v) is 10.8. The Bertz CT molecular complexity index is 544. The van der Waals surface area contributed by atoms with Crippen molar-refractivity contribution in [3.05, 3.63) is 33.9 Å². The number of carboxylic acids is 1. The van der Waals surface area contributed by atoms with Gasteiger partial charge in [-0.15, -0.1) is 0 Å². The van der Waals surface area contributed by atoms with Crippen LogP contribution in [0.25, 0.3) is 0 Å². The molecule has 0 spiro atoms. The fourth-order valence-electron chi connectivity index (χ4n) is 1.64. The van der Waals surface area contributed by atoms with E-state index in [4.69, 9.17) is 10.8 Å². The summed E-state index contributed by atoms with van der Waals surface area (Å²) in [7, 11) is 0. The average molecular weight is 281 g/mol. The van der Waals surface area contributed by atoms with Crippen LogP contribution in [0.4, 0.5) is 11.4 Å². The van der Waals surface area contributed by atoms with Crippen LogP contribution in [0.1, 0.15) is 30.1 Å². The van der Waals surface area contributed by atoms with E-state index in [1.807, 2.05) is 0 Å². The Kier molecular flexibility index (Phi) is 5.01. The summed E-state index contributed by atoms with van der Waals surface area (Å²) in [5.41, 5.74) is 5.24. The van der Waals surface area contributed by atoms with Crippen molar-refractivity contribution < 1.29 is 19.6 Å². The van der Waals surface area contributed by atoms with Crippen molar-refractivity contribution >= 4 is 23.3 Å². The fraction of sp³-hybridized carbons (Fsp3) is 0.333. The van der Waals surface area contributed by atoms with E-state index in [2.05, 4.69) is 5.32 Å². The number of hydrogen-bond acceptors (Lipinski definition) is 5. The van der Waals surface area contributed by atoms with Gasteiger partial charge in [0.2, 0.25) is 0 Å². The first-order chi connectivity index (χ1) is 9.36. The Morgan fingerprint density at radius 3 is 2.65 bits per heavy atom. The quantitative estimate of drug-likeness (QED) is 0.406. The van der Waals surface area contributed by atoms with E-state index in [9.17, 15) is 19.7 Å². The Morgan fingerprint density at radius 1 is 1.50 bits per heavy atom. The summed E-state index contributed by atoms with van der Waals surface area (Å²) in [5.74, 6) is -1.91. The van der Waals surface area contributed by atoms with Crippen LogP contribution < -0.4 is 11.1 Å². The van der Waals surface area contributed by atoms with E-state index >= 15 is 0 Å². The van der Waals surface area contributed by atoms with Crippen LogP contribution in [-0.2, 0) is 4.79 Å². The van der Waals surface area contributed by atoms with Gasteiger partial charge in [0.15, 0.2) is 0 Å². The van der Waals surface area contributed by atoms with Gasteiger partial charge in [-0.3, -0.25) is 14.9 Å². The van der Waals surface area contributed by atoms with E-state index < -0.39 is 22.8 Å². The number of carboxylic acid groups (broad SMARTS) is 1. The van der Waals surface area contributed by atoms with Crippen LogP contribution in [0.2, 0.25) is 0 Å². The van der Waals surface area contributed by atoms with Gasteiger partial charge >= 0.3 is 5.97 Å². The number of hydrogen-bond donors (Lipinski definition) is 3. The number of nitrogens with two attached hydrogens (primary N) is 1. The molecule has 20 heavy (non-hydrogen) atoms. The predicted octanol–water partition coefficient (Wildman–Crippen LogP) is 1.16. The highest BCUT2D eigenvalue weighted by atomic mass is 16.6. The van der Waals surface area contributed by atoms with E-state index in [1.165, 1.54) is 12.1 Å². The number of non-ortho nitro benzene ring substituents is 1. The van der Waals surface area contributed by atoms with Gasteiger partial charge in [0, 0.05) is 17.8 Å². The molecule has 4 N–H and O–H groups in total. The van der Waals surface area contributed by atoms with Crippen LogP contribution in [0, 0.1) is 10.1 Å². The number of nitrogens with one attached hydrogen (secondary N) is 1. The molecule has 1 unspecified atom stereocenters. The molecule has 0 radical (unpaired) electrons. The number of nitro benzene ring substituents is 1. The first-order valence-corrected chi connectivity index (χ1v) is 5.94. The number of anilines is 1. The van der Waals surface area contributed by atoms with Gasteiger partial charge in [-0.25, -0.2) is 4.79 Å². The Labute approximate surface area is 114 Å². The normalized spacial score (nSPS) is 11.7. The molecule has 1 aromatic rings. The van der Waals surface area contributed by atoms with Crippen LogP contribution in [0.3, 0.4) is 0 Å². The number of aliphatic carboxylic acids is 1. The molecule has 8 heteroatoms. The number of benzene rings is 1. The maximum absolute atomic E-state index is 12.0. The predicted molar refractivity (Wildman–Crippen MR) is 71.3 cm³/mol. The second-order valence-electron chi connectivity index (χ2n) is 4.18. The molecular formula is C12H15N3O5. The van der Waals surface area contributed by atoms with Gasteiger partial charge < -0.3 is 16.2 Å². The fourth-order valence-corrected chi connectivity index (χ4v) is 1.64. The topological polar surface area (TPSA) is 136 Å². The monoisotopic (exact) mass is 281 g/mol. The van der Waals surface area contributed by atoms with Crippen LogP contribution >= 0.6 is 0 Å². The summed E-state index contributed by atoms with van der Waals surface area (Å²) in [5, 5.41) is 21.9. The van der Waals surface area contributed by atoms with E-state index in [-0.39, 0.29) is 23.4 Å². The zero-order valence-electron chi connectivity index (χ0n) is 10.8. The second kappa shape index (κ2) is 6.50. The Hall–Kier alpha value is -2.64. The molecule has 108 valence electrons. The molecule has 0 saturated heterocycles. The summed E-state index contributed by atoms with van der Waals surface area (Å²) < 4.78 is 0. The van der Waals surface area contributed by atoms with Crippen molar-refractivity contribution in [2.75, 3.05) is 5.73 Å². The number of carbonyl (C=O) groups excluding carboxylic acids is 1. The summed E-state index contributed by atoms with van der Waals surface area (Å²) in [4.78, 5) is 32.9. The number of rotatable bonds is 6. The van der Waals surface area contributed by atoms with Crippen molar-refractivity contribution in [2.24, 2.45) is 0 Å². The largest absolute Gasteiger partial charge is 0.480 e. The molecule has 8 nitrogen and oxygen atoms in total. The molecule has 0 fully saturated rings. The standard InChI is InChI=1S/C12H15N3O5/c1-2-3-10(12(17)18)14-11(16)8-6-7(15(19)20)4-5-9(8)13/h4-6,10H,2-3,13H2,1H3,(H,14,16)(H,17,18). The molecule has 0 aromatic heterocycles. The third-order valence-corrected chi connectivity index (χ3v) is 2.67. The number of nitrogens with zero attached hydrogens (tertiary/aromatic N) is 1. The highest BCUT2D eigenvalue weighted by Crippen LogP contribution is 2.19. The van der Waals surface area contributed by atoms with Crippen LogP contribution in [0.5, 0.6) is 0 Å². The highest BCUT2D eigenvalue weighted by Gasteiger charge is 2.22. The third-order valence-electron chi connectivity index (χ3n) is 2.67. The van der Waals surface area contributed by atoms with Gasteiger partial charge in [-0.2, -0.15) is 0 Å². The Balaban J connectivity index is 2.99. The van der Waals surface area contributed by atoms with E-state index in [0.29, 0.717) is 6.42 Å². The lowest BCUT2D eigenvalue weighted by Gasteiger charge is -2.14. The Morgan fingerprint density at radius 2 is 2.15 bits per heavy atom. The maximum Gasteiger partial charge on any atom is 0.326 e. The zero-order chi connectivity index (χ0) is 15.3. The van der Waals surface area contributed by atoms with Crippen molar-refractivity contribution in [1.29, 1.82) is 0 Å². The van der Waals surface area contributed by atoms with Crippen molar-refractivity contribution in [1.82, 2.24) is 5.32 Å². The van der Waals surface area contributed by atoms with Crippen molar-refractivity contribution in [3.63, 3.8) is 0 Å². The van der Waals surface area contributed by atoms with Gasteiger partial charge in [-0.1, -0.05) is 13.3 Å². The summed E-state index contributed by atoms with van der Waals surface area (Å²) in [6.45, 7) is 1.78. The van der Waals surface area contributed by atoms with Crippen molar-refractivity contribution in [3.8, 4) is 0 Å². The van der Waals surface area contributed by atoms with Gasteiger partial charge in [0.25, 0.3) is 11.6 Å². The SMILES string of the molecule is CCCC(NC(=O)c1cc([N+](=O)[O-])ccc1N)C(=O)O. The minimum Gasteiger partial charge on any atom is -0.480 e. The lowest BCUT2D eigenvalue weighted by Crippen LogP contribution is -2.40. The summed E-state index contributed by atoms with van der Waals surface area (Å²) in [6.07, 6.45) is 0.831. The lowest BCUT2D eigenvalue weighted by molar-refractivity contribution is -0.384. The van der Waals surface area contributed by atoms with Crippen molar-refractivity contribution in [2.45, 2.75) is 25.8 Å². The average Bonchev–Trinajstić information content (AvgIpc) is 2.38. The molecule has 1 amide bonds. The van der Waals surface area contributed by atoms with Gasteiger partial charge in [-0.05, 0) is 12.5 Å². The third kappa shape index (κ3) is 3.67. The number of nitrogen functional groups attached to an aromatic ring is 1. The number of carbonyl (C=O) groups is 2. The lowest BCUT2D eigenvalue weighted by atomic mass is 10.1. The maximum atomic E-state index is 12.0. The van der Waals surface area contributed by atoms with Crippen LogP contribution in [0.15, 0.2) is 18.2 Å². The first kappa shape index (κ1) is 15.4. The molecule has 1 atom stereocenters. The van der Waals surface area contributed by atoms with E-state index in [1.54, 1.807) is 6.92 Å². The molecule has 0 aliphatic rings.